The van der Waals surface area contributed by atoms with Crippen molar-refractivity contribution >= 4 is 16.9 Å². The topological polar surface area (TPSA) is 57.9 Å². The molecule has 176 valence electrons. The highest BCUT2D eigenvalue weighted by Gasteiger charge is 2.35. The van der Waals surface area contributed by atoms with Gasteiger partial charge >= 0.3 is 12.1 Å². The minimum atomic E-state index is -4.57. The summed E-state index contributed by atoms with van der Waals surface area (Å²) < 4.78 is 62.7. The molecule has 0 N–H and O–H groups in total. The van der Waals surface area contributed by atoms with Crippen molar-refractivity contribution in [2.24, 2.45) is 0 Å². The Morgan fingerprint density at radius 3 is 2.45 bits per heavy atom. The van der Waals surface area contributed by atoms with Gasteiger partial charge in [-0.25, -0.2) is 4.79 Å². The number of methoxy groups -OCH3 is 1. The zero-order valence-corrected chi connectivity index (χ0v) is 18.8. The second-order valence-corrected chi connectivity index (χ2v) is 8.24. The second kappa shape index (κ2) is 9.21. The molecule has 8 heteroatoms. The number of halogens is 3. The third kappa shape index (κ3) is 5.88. The van der Waals surface area contributed by atoms with E-state index in [1.165, 1.54) is 19.2 Å². The zero-order chi connectivity index (χ0) is 24.4. The molecule has 0 saturated heterocycles. The molecule has 33 heavy (non-hydrogen) atoms. The smallest absolute Gasteiger partial charge is 0.417 e. The van der Waals surface area contributed by atoms with Crippen LogP contribution in [0.4, 0.5) is 13.2 Å². The van der Waals surface area contributed by atoms with Gasteiger partial charge in [0.2, 0.25) is 0 Å². The molecule has 0 fully saturated rings. The van der Waals surface area contributed by atoms with Crippen LogP contribution in [0.15, 0.2) is 59.5 Å². The van der Waals surface area contributed by atoms with Gasteiger partial charge in [0.1, 0.15) is 28.4 Å². The van der Waals surface area contributed by atoms with Gasteiger partial charge in [0.15, 0.2) is 0 Å². The van der Waals surface area contributed by atoms with E-state index in [4.69, 9.17) is 18.6 Å². The van der Waals surface area contributed by atoms with Crippen molar-refractivity contribution in [2.45, 2.75) is 45.1 Å². The summed E-state index contributed by atoms with van der Waals surface area (Å²) in [5.41, 5.74) is -1.31. The summed E-state index contributed by atoms with van der Waals surface area (Å²) in [6.45, 7) is 8.75. The van der Waals surface area contributed by atoms with Crippen LogP contribution in [0.3, 0.4) is 0 Å². The van der Waals surface area contributed by atoms with Crippen LogP contribution in [0.5, 0.6) is 11.5 Å². The summed E-state index contributed by atoms with van der Waals surface area (Å²) in [5.74, 6) is 0.150. The third-order valence-corrected chi connectivity index (χ3v) is 4.95. The van der Waals surface area contributed by atoms with Gasteiger partial charge in [-0.15, -0.1) is 0 Å². The summed E-state index contributed by atoms with van der Waals surface area (Å²) in [5, 5.41) is 0.634. The SMILES string of the molecule is C=CC(=O)OC(C)(C)CC(C)Oc1ccc2cc(-c3ccc(OC)cc3C(F)(F)F)oc2c1. The van der Waals surface area contributed by atoms with E-state index in [2.05, 4.69) is 6.58 Å². The zero-order valence-electron chi connectivity index (χ0n) is 18.8. The first-order valence-corrected chi connectivity index (χ1v) is 10.2. The minimum absolute atomic E-state index is 0.0823. The Kier molecular flexibility index (Phi) is 6.76. The van der Waals surface area contributed by atoms with Crippen LogP contribution in [-0.4, -0.2) is 24.8 Å². The highest BCUT2D eigenvalue weighted by Crippen LogP contribution is 2.41. The largest absolute Gasteiger partial charge is 0.497 e. The highest BCUT2D eigenvalue weighted by molar-refractivity contribution is 5.85. The summed E-state index contributed by atoms with van der Waals surface area (Å²) in [4.78, 5) is 11.5. The van der Waals surface area contributed by atoms with Crippen LogP contribution < -0.4 is 9.47 Å². The Labute approximate surface area is 189 Å². The number of benzene rings is 2. The van der Waals surface area contributed by atoms with E-state index in [-0.39, 0.29) is 23.2 Å². The lowest BCUT2D eigenvalue weighted by molar-refractivity contribution is -0.152. The molecule has 0 aliphatic heterocycles. The van der Waals surface area contributed by atoms with Crippen LogP contribution in [0, 0.1) is 0 Å². The van der Waals surface area contributed by atoms with Crippen molar-refractivity contribution in [3.8, 4) is 22.8 Å². The normalized spacial score (nSPS) is 12.9. The van der Waals surface area contributed by atoms with Gasteiger partial charge in [0, 0.05) is 29.5 Å². The Morgan fingerprint density at radius 2 is 1.82 bits per heavy atom. The molecule has 1 aromatic heterocycles. The number of alkyl halides is 3. The van der Waals surface area contributed by atoms with Gasteiger partial charge in [-0.3, -0.25) is 0 Å². The summed E-state index contributed by atoms with van der Waals surface area (Å²) in [6, 6.07) is 10.3. The fourth-order valence-electron chi connectivity index (χ4n) is 3.64. The Balaban J connectivity index is 1.84. The quantitative estimate of drug-likeness (QED) is 0.272. The van der Waals surface area contributed by atoms with Crippen molar-refractivity contribution < 1.29 is 36.6 Å². The lowest BCUT2D eigenvalue weighted by Crippen LogP contribution is -2.33. The Morgan fingerprint density at radius 1 is 1.12 bits per heavy atom. The molecule has 0 spiro atoms. The predicted molar refractivity (Wildman–Crippen MR) is 118 cm³/mol. The number of esters is 1. The summed E-state index contributed by atoms with van der Waals surface area (Å²) >= 11 is 0. The standard InChI is InChI=1S/C25H25F3O5/c1-6-23(29)33-24(3,4)14-15(2)31-18-8-7-16-11-22(32-21(16)13-18)19-10-9-17(30-5)12-20(19)25(26,27)28/h6-13,15H,1,14H2,2-5H3. The van der Waals surface area contributed by atoms with Crippen molar-refractivity contribution in [2.75, 3.05) is 7.11 Å². The number of carbonyl (C=O) groups excluding carboxylic acids is 1. The molecule has 0 aliphatic carbocycles. The first-order chi connectivity index (χ1) is 15.4. The van der Waals surface area contributed by atoms with Crippen LogP contribution >= 0.6 is 0 Å². The molecule has 3 aromatic rings. The van der Waals surface area contributed by atoms with Gasteiger partial charge < -0.3 is 18.6 Å². The van der Waals surface area contributed by atoms with Crippen molar-refractivity contribution in [1.82, 2.24) is 0 Å². The van der Waals surface area contributed by atoms with E-state index < -0.39 is 23.3 Å². The number of furan rings is 1. The predicted octanol–water partition coefficient (Wildman–Crippen LogP) is 6.79. The van der Waals surface area contributed by atoms with E-state index in [9.17, 15) is 18.0 Å². The number of carbonyl (C=O) groups is 1. The highest BCUT2D eigenvalue weighted by atomic mass is 19.4. The van der Waals surface area contributed by atoms with Gasteiger partial charge in [-0.1, -0.05) is 6.58 Å². The maximum Gasteiger partial charge on any atom is 0.417 e. The van der Waals surface area contributed by atoms with Crippen LogP contribution in [-0.2, 0) is 15.7 Å². The monoisotopic (exact) mass is 462 g/mol. The molecule has 5 nitrogen and oxygen atoms in total. The number of hydrogen-bond donors (Lipinski definition) is 0. The lowest BCUT2D eigenvalue weighted by atomic mass is 10.0. The maximum absolute atomic E-state index is 13.6. The molecule has 1 atom stereocenters. The minimum Gasteiger partial charge on any atom is -0.497 e. The van der Waals surface area contributed by atoms with Gasteiger partial charge in [-0.05, 0) is 57.2 Å². The molecule has 0 aliphatic rings. The molecule has 0 saturated carbocycles. The van der Waals surface area contributed by atoms with E-state index in [0.29, 0.717) is 23.1 Å². The molecule has 3 rings (SSSR count). The molecule has 1 heterocycles. The van der Waals surface area contributed by atoms with E-state index >= 15 is 0 Å². The molecule has 0 amide bonds. The van der Waals surface area contributed by atoms with Crippen LogP contribution in [0.2, 0.25) is 0 Å². The molecule has 0 bridgehead atoms. The molecule has 0 radical (unpaired) electrons. The summed E-state index contributed by atoms with van der Waals surface area (Å²) in [7, 11) is 1.31. The Bertz CT molecular complexity index is 1160. The van der Waals surface area contributed by atoms with E-state index in [0.717, 1.165) is 12.1 Å². The second-order valence-electron chi connectivity index (χ2n) is 8.24. The molecular weight excluding hydrogens is 437 g/mol. The average Bonchev–Trinajstić information content (AvgIpc) is 3.14. The number of fused-ring (bicyclic) bond motifs is 1. The average molecular weight is 462 g/mol. The van der Waals surface area contributed by atoms with Gasteiger partial charge in [-0.2, -0.15) is 13.2 Å². The van der Waals surface area contributed by atoms with Gasteiger partial charge in [0.05, 0.1) is 18.8 Å². The van der Waals surface area contributed by atoms with E-state index in [1.54, 1.807) is 38.1 Å². The third-order valence-electron chi connectivity index (χ3n) is 4.95. The van der Waals surface area contributed by atoms with Gasteiger partial charge in [0.25, 0.3) is 0 Å². The fraction of sp³-hybridized carbons (Fsp3) is 0.320. The Hall–Kier alpha value is -3.42. The number of hydrogen-bond acceptors (Lipinski definition) is 5. The van der Waals surface area contributed by atoms with Crippen molar-refractivity contribution in [1.29, 1.82) is 0 Å². The molecular formula is C25H25F3O5. The molecule has 2 aromatic carbocycles. The van der Waals surface area contributed by atoms with Crippen molar-refractivity contribution in [3.05, 3.63) is 60.7 Å². The van der Waals surface area contributed by atoms with Crippen LogP contribution in [0.25, 0.3) is 22.3 Å². The number of rotatable bonds is 8. The van der Waals surface area contributed by atoms with Crippen LogP contribution in [0.1, 0.15) is 32.8 Å². The first kappa shape index (κ1) is 24.2. The number of ether oxygens (including phenoxy) is 3. The van der Waals surface area contributed by atoms with E-state index in [1.807, 2.05) is 6.92 Å². The maximum atomic E-state index is 13.6. The summed E-state index contributed by atoms with van der Waals surface area (Å²) in [6.07, 6.45) is -3.38. The lowest BCUT2D eigenvalue weighted by Gasteiger charge is -2.28. The molecule has 1 unspecified atom stereocenters. The first-order valence-electron chi connectivity index (χ1n) is 10.2. The fourth-order valence-corrected chi connectivity index (χ4v) is 3.64. The van der Waals surface area contributed by atoms with Crippen molar-refractivity contribution in [3.63, 3.8) is 0 Å².